The molecule has 2 unspecified atom stereocenters. The molecule has 0 radical (unpaired) electrons. The van der Waals surface area contributed by atoms with Gasteiger partial charge in [-0.3, -0.25) is 0 Å². The molecule has 3 N–H and O–H groups in total. The highest BCUT2D eigenvalue weighted by molar-refractivity contribution is 5.46. The van der Waals surface area contributed by atoms with E-state index in [1.54, 1.807) is 0 Å². The first-order chi connectivity index (χ1) is 8.04. The Morgan fingerprint density at radius 3 is 2.47 bits per heavy atom. The summed E-state index contributed by atoms with van der Waals surface area (Å²) >= 11 is 0. The van der Waals surface area contributed by atoms with Gasteiger partial charge in [-0.2, -0.15) is 0 Å². The van der Waals surface area contributed by atoms with E-state index < -0.39 is 5.60 Å². The number of nitrogens with two attached hydrogens (primary N) is 1. The summed E-state index contributed by atoms with van der Waals surface area (Å²) in [4.78, 5) is 2.09. The van der Waals surface area contributed by atoms with Crippen LogP contribution >= 0.6 is 0 Å². The van der Waals surface area contributed by atoms with Crippen molar-refractivity contribution in [1.29, 1.82) is 0 Å². The first-order valence-corrected chi connectivity index (χ1v) is 6.24. The number of anilines is 1. The van der Waals surface area contributed by atoms with Crippen LogP contribution in [0.2, 0.25) is 0 Å². The topological polar surface area (TPSA) is 49.5 Å². The summed E-state index contributed by atoms with van der Waals surface area (Å²) in [6, 6.07) is 8.61. The van der Waals surface area contributed by atoms with Crippen molar-refractivity contribution in [1.82, 2.24) is 0 Å². The fourth-order valence-corrected chi connectivity index (χ4v) is 2.62. The molecule has 0 aliphatic heterocycles. The maximum absolute atomic E-state index is 10.1. The predicted molar refractivity (Wildman–Crippen MR) is 71.4 cm³/mol. The van der Waals surface area contributed by atoms with Crippen molar-refractivity contribution in [3.8, 4) is 0 Å². The van der Waals surface area contributed by atoms with Gasteiger partial charge in [0.15, 0.2) is 0 Å². The summed E-state index contributed by atoms with van der Waals surface area (Å²) in [7, 11) is 4.08. The van der Waals surface area contributed by atoms with Crippen LogP contribution in [0.3, 0.4) is 0 Å². The van der Waals surface area contributed by atoms with E-state index in [2.05, 4.69) is 29.2 Å². The Morgan fingerprint density at radius 1 is 1.35 bits per heavy atom. The van der Waals surface area contributed by atoms with Crippen LogP contribution in [0.4, 0.5) is 5.69 Å². The number of benzene rings is 1. The fourth-order valence-electron chi connectivity index (χ4n) is 2.62. The molecule has 2 atom stereocenters. The number of aliphatic hydroxyl groups is 1. The summed E-state index contributed by atoms with van der Waals surface area (Å²) in [5.41, 5.74) is 7.51. The van der Waals surface area contributed by atoms with E-state index in [0.29, 0.717) is 12.5 Å². The van der Waals surface area contributed by atoms with E-state index >= 15 is 0 Å². The molecular weight excluding hydrogens is 212 g/mol. The smallest absolute Gasteiger partial charge is 0.0775 e. The number of rotatable bonds is 3. The highest BCUT2D eigenvalue weighted by atomic mass is 16.3. The van der Waals surface area contributed by atoms with Crippen LogP contribution in [-0.2, 0) is 0 Å². The second-order valence-corrected chi connectivity index (χ2v) is 5.35. The van der Waals surface area contributed by atoms with Crippen LogP contribution in [0.15, 0.2) is 24.3 Å². The minimum Gasteiger partial charge on any atom is -0.389 e. The molecule has 1 aliphatic carbocycles. The maximum atomic E-state index is 10.1. The lowest BCUT2D eigenvalue weighted by Gasteiger charge is -2.20. The van der Waals surface area contributed by atoms with Crippen LogP contribution < -0.4 is 10.6 Å². The Kier molecular flexibility index (Phi) is 3.40. The van der Waals surface area contributed by atoms with Gasteiger partial charge in [-0.15, -0.1) is 0 Å². The van der Waals surface area contributed by atoms with Gasteiger partial charge in [0.1, 0.15) is 0 Å². The van der Waals surface area contributed by atoms with Crippen molar-refractivity contribution < 1.29 is 5.11 Å². The van der Waals surface area contributed by atoms with Gasteiger partial charge in [-0.05, 0) is 42.9 Å². The van der Waals surface area contributed by atoms with Crippen LogP contribution in [0, 0.1) is 0 Å². The second kappa shape index (κ2) is 4.67. The SMILES string of the molecule is CN(C)c1ccc(C2CCC(O)(CN)C2)cc1. The molecule has 1 fully saturated rings. The van der Waals surface area contributed by atoms with Gasteiger partial charge >= 0.3 is 0 Å². The standard InChI is InChI=1S/C14H22N2O/c1-16(2)13-5-3-11(4-6-13)12-7-8-14(17,9-12)10-15/h3-6,12,17H,7-10,15H2,1-2H3. The zero-order valence-electron chi connectivity index (χ0n) is 10.7. The van der Waals surface area contributed by atoms with Gasteiger partial charge < -0.3 is 15.7 Å². The van der Waals surface area contributed by atoms with Gasteiger partial charge in [-0.25, -0.2) is 0 Å². The molecule has 1 saturated carbocycles. The molecule has 0 aromatic heterocycles. The molecule has 3 nitrogen and oxygen atoms in total. The number of nitrogens with zero attached hydrogens (tertiary/aromatic N) is 1. The Morgan fingerprint density at radius 2 is 2.00 bits per heavy atom. The van der Waals surface area contributed by atoms with E-state index in [9.17, 15) is 5.11 Å². The van der Waals surface area contributed by atoms with Gasteiger partial charge in [0.2, 0.25) is 0 Å². The Hall–Kier alpha value is -1.06. The van der Waals surface area contributed by atoms with Gasteiger partial charge in [-0.1, -0.05) is 12.1 Å². The molecule has 17 heavy (non-hydrogen) atoms. The van der Waals surface area contributed by atoms with Crippen molar-refractivity contribution in [3.05, 3.63) is 29.8 Å². The van der Waals surface area contributed by atoms with Crippen molar-refractivity contribution in [2.45, 2.75) is 30.8 Å². The zero-order valence-corrected chi connectivity index (χ0v) is 10.7. The fraction of sp³-hybridized carbons (Fsp3) is 0.571. The Balaban J connectivity index is 2.09. The molecule has 0 spiro atoms. The largest absolute Gasteiger partial charge is 0.389 e. The molecule has 3 heteroatoms. The summed E-state index contributed by atoms with van der Waals surface area (Å²) < 4.78 is 0. The lowest BCUT2D eigenvalue weighted by Crippen LogP contribution is -2.34. The van der Waals surface area contributed by atoms with E-state index in [1.807, 2.05) is 14.1 Å². The minimum atomic E-state index is -0.634. The number of hydrogen-bond acceptors (Lipinski definition) is 3. The van der Waals surface area contributed by atoms with Crippen molar-refractivity contribution in [3.63, 3.8) is 0 Å². The first kappa shape index (κ1) is 12.4. The van der Waals surface area contributed by atoms with E-state index in [0.717, 1.165) is 19.3 Å². The number of hydrogen-bond donors (Lipinski definition) is 2. The van der Waals surface area contributed by atoms with E-state index in [4.69, 9.17) is 5.73 Å². The Bertz CT molecular complexity index is 374. The minimum absolute atomic E-state index is 0.374. The Labute approximate surface area is 103 Å². The summed E-state index contributed by atoms with van der Waals surface area (Å²) in [5.74, 6) is 0.458. The highest BCUT2D eigenvalue weighted by Crippen LogP contribution is 2.40. The van der Waals surface area contributed by atoms with Crippen molar-refractivity contribution >= 4 is 5.69 Å². The highest BCUT2D eigenvalue weighted by Gasteiger charge is 2.36. The van der Waals surface area contributed by atoms with Crippen molar-refractivity contribution in [2.75, 3.05) is 25.5 Å². The normalized spacial score (nSPS) is 28.4. The van der Waals surface area contributed by atoms with Gasteiger partial charge in [0, 0.05) is 26.3 Å². The monoisotopic (exact) mass is 234 g/mol. The van der Waals surface area contributed by atoms with Crippen LogP contribution in [0.25, 0.3) is 0 Å². The van der Waals surface area contributed by atoms with Gasteiger partial charge in [0.25, 0.3) is 0 Å². The quantitative estimate of drug-likeness (QED) is 0.837. The van der Waals surface area contributed by atoms with Crippen molar-refractivity contribution in [2.24, 2.45) is 5.73 Å². The molecule has 1 aromatic rings. The molecule has 1 aliphatic rings. The maximum Gasteiger partial charge on any atom is 0.0775 e. The summed E-state index contributed by atoms with van der Waals surface area (Å²) in [6.45, 7) is 0.374. The van der Waals surface area contributed by atoms with Crippen LogP contribution in [0.1, 0.15) is 30.7 Å². The average Bonchev–Trinajstić information content (AvgIpc) is 2.73. The molecule has 0 heterocycles. The molecule has 1 aromatic carbocycles. The molecular formula is C14H22N2O. The molecule has 0 saturated heterocycles. The summed E-state index contributed by atoms with van der Waals surface area (Å²) in [5, 5.41) is 10.1. The third kappa shape index (κ3) is 2.61. The predicted octanol–water partition coefficient (Wildman–Crippen LogP) is 1.71. The molecule has 2 rings (SSSR count). The molecule has 0 amide bonds. The third-order valence-electron chi connectivity index (χ3n) is 3.85. The molecule has 94 valence electrons. The average molecular weight is 234 g/mol. The third-order valence-corrected chi connectivity index (χ3v) is 3.85. The molecule has 0 bridgehead atoms. The lowest BCUT2D eigenvalue weighted by molar-refractivity contribution is 0.0554. The first-order valence-electron chi connectivity index (χ1n) is 6.24. The van der Waals surface area contributed by atoms with Crippen LogP contribution in [0.5, 0.6) is 0 Å². The van der Waals surface area contributed by atoms with Crippen LogP contribution in [-0.4, -0.2) is 31.3 Å². The second-order valence-electron chi connectivity index (χ2n) is 5.35. The summed E-state index contributed by atoms with van der Waals surface area (Å²) in [6.07, 6.45) is 2.66. The van der Waals surface area contributed by atoms with E-state index in [-0.39, 0.29) is 0 Å². The lowest BCUT2D eigenvalue weighted by atomic mass is 9.94. The van der Waals surface area contributed by atoms with E-state index in [1.165, 1.54) is 11.3 Å². The zero-order chi connectivity index (χ0) is 12.5. The van der Waals surface area contributed by atoms with Gasteiger partial charge in [0.05, 0.1) is 5.60 Å².